The van der Waals surface area contributed by atoms with Crippen molar-refractivity contribution in [2.75, 3.05) is 13.2 Å². The van der Waals surface area contributed by atoms with Gasteiger partial charge in [-0.05, 0) is 64.8 Å². The zero-order chi connectivity index (χ0) is 20.5. The predicted molar refractivity (Wildman–Crippen MR) is 114 cm³/mol. The quantitative estimate of drug-likeness (QED) is 0.428. The first kappa shape index (κ1) is 22.2. The molecule has 2 aromatic rings. The number of ether oxygens (including phenoxy) is 1. The number of halogens is 3. The molecule has 0 saturated heterocycles. The highest BCUT2D eigenvalue weighted by molar-refractivity contribution is 9.10. The molecule has 0 aliphatic rings. The zero-order valence-corrected chi connectivity index (χ0v) is 18.1. The lowest BCUT2D eigenvalue weighted by Crippen LogP contribution is -2.29. The third kappa shape index (κ3) is 6.82. The van der Waals surface area contributed by atoms with E-state index in [1.807, 2.05) is 25.1 Å². The largest absolute Gasteiger partial charge is 0.493 e. The molecule has 0 unspecified atom stereocenters. The Labute approximate surface area is 181 Å². The Bertz CT molecular complexity index is 891. The molecule has 28 heavy (non-hydrogen) atoms. The fourth-order valence-electron chi connectivity index (χ4n) is 2.13. The van der Waals surface area contributed by atoms with Gasteiger partial charge in [-0.25, -0.2) is 5.43 Å². The summed E-state index contributed by atoms with van der Waals surface area (Å²) in [4.78, 5) is 23.8. The lowest BCUT2D eigenvalue weighted by Gasteiger charge is -2.06. The summed E-state index contributed by atoms with van der Waals surface area (Å²) in [6.07, 6.45) is 1.60. The SMILES string of the molecule is CCOc1ccc(C=NNC(=O)CCNC(=O)c2ccc(Cl)c(Cl)c2)cc1Br. The van der Waals surface area contributed by atoms with Crippen molar-refractivity contribution in [3.63, 3.8) is 0 Å². The maximum Gasteiger partial charge on any atom is 0.251 e. The average Bonchev–Trinajstić information content (AvgIpc) is 2.66. The maximum absolute atomic E-state index is 12.0. The molecule has 0 radical (unpaired) electrons. The number of hydrogen-bond donors (Lipinski definition) is 2. The van der Waals surface area contributed by atoms with Crippen LogP contribution in [0.15, 0.2) is 46.0 Å². The molecule has 0 saturated carbocycles. The van der Waals surface area contributed by atoms with E-state index in [1.165, 1.54) is 12.3 Å². The van der Waals surface area contributed by atoms with E-state index in [2.05, 4.69) is 31.8 Å². The monoisotopic (exact) mass is 485 g/mol. The summed E-state index contributed by atoms with van der Waals surface area (Å²) in [5.74, 6) is 0.0752. The molecule has 2 rings (SSSR count). The fourth-order valence-corrected chi connectivity index (χ4v) is 2.94. The summed E-state index contributed by atoms with van der Waals surface area (Å²) in [5, 5.41) is 7.21. The summed E-state index contributed by atoms with van der Waals surface area (Å²) in [6.45, 7) is 2.64. The number of carbonyl (C=O) groups is 2. The van der Waals surface area contributed by atoms with Crippen molar-refractivity contribution in [3.05, 3.63) is 62.0 Å². The van der Waals surface area contributed by atoms with Gasteiger partial charge >= 0.3 is 0 Å². The third-order valence-corrected chi connectivity index (χ3v) is 4.84. The summed E-state index contributed by atoms with van der Waals surface area (Å²) >= 11 is 15.1. The number of nitrogens with zero attached hydrogens (tertiary/aromatic N) is 1. The van der Waals surface area contributed by atoms with Crippen molar-refractivity contribution in [3.8, 4) is 5.75 Å². The van der Waals surface area contributed by atoms with Crippen LogP contribution < -0.4 is 15.5 Å². The van der Waals surface area contributed by atoms with Gasteiger partial charge in [-0.15, -0.1) is 0 Å². The van der Waals surface area contributed by atoms with Crippen LogP contribution in [0.5, 0.6) is 5.75 Å². The van der Waals surface area contributed by atoms with Gasteiger partial charge in [0.2, 0.25) is 5.91 Å². The molecule has 0 aliphatic heterocycles. The van der Waals surface area contributed by atoms with Crippen LogP contribution >= 0.6 is 39.1 Å². The Balaban J connectivity index is 1.76. The van der Waals surface area contributed by atoms with Gasteiger partial charge in [0, 0.05) is 18.5 Å². The minimum Gasteiger partial charge on any atom is -0.493 e. The van der Waals surface area contributed by atoms with Crippen LogP contribution in [0.3, 0.4) is 0 Å². The molecule has 0 spiro atoms. The van der Waals surface area contributed by atoms with E-state index < -0.39 is 0 Å². The van der Waals surface area contributed by atoms with Crippen LogP contribution in [0.4, 0.5) is 0 Å². The van der Waals surface area contributed by atoms with Crippen molar-refractivity contribution >= 4 is 57.2 Å². The summed E-state index contributed by atoms with van der Waals surface area (Å²) in [7, 11) is 0. The standard InChI is InChI=1S/C19H18BrCl2N3O3/c1-2-28-17-6-3-12(9-14(17)20)11-24-25-18(26)7-8-23-19(27)13-4-5-15(21)16(22)10-13/h3-6,9-11H,2,7-8H2,1H3,(H,23,27)(H,25,26). The van der Waals surface area contributed by atoms with Gasteiger partial charge in [0.15, 0.2) is 0 Å². The molecule has 0 bridgehead atoms. The third-order valence-electron chi connectivity index (χ3n) is 3.48. The molecule has 0 fully saturated rings. The normalized spacial score (nSPS) is 10.7. The molecule has 2 aromatic carbocycles. The minimum absolute atomic E-state index is 0.0807. The van der Waals surface area contributed by atoms with E-state index in [9.17, 15) is 9.59 Å². The number of benzene rings is 2. The Hall–Kier alpha value is -2.09. The Morgan fingerprint density at radius 3 is 2.64 bits per heavy atom. The Kier molecular flexibility index (Phi) is 8.76. The van der Waals surface area contributed by atoms with E-state index in [-0.39, 0.29) is 24.8 Å². The van der Waals surface area contributed by atoms with E-state index in [1.54, 1.807) is 12.1 Å². The topological polar surface area (TPSA) is 79.8 Å². The van der Waals surface area contributed by atoms with Crippen molar-refractivity contribution < 1.29 is 14.3 Å². The first-order valence-electron chi connectivity index (χ1n) is 8.38. The van der Waals surface area contributed by atoms with Crippen molar-refractivity contribution in [2.24, 2.45) is 5.10 Å². The molecule has 6 nitrogen and oxygen atoms in total. The molecule has 0 heterocycles. The molecular weight excluding hydrogens is 469 g/mol. The Morgan fingerprint density at radius 2 is 1.96 bits per heavy atom. The second kappa shape index (κ2) is 11.0. The second-order valence-electron chi connectivity index (χ2n) is 5.55. The summed E-state index contributed by atoms with van der Waals surface area (Å²) in [6, 6.07) is 10.0. The number of hydrogen-bond acceptors (Lipinski definition) is 4. The van der Waals surface area contributed by atoms with Gasteiger partial charge < -0.3 is 10.1 Å². The number of rotatable bonds is 8. The summed E-state index contributed by atoms with van der Waals surface area (Å²) in [5.41, 5.74) is 3.58. The van der Waals surface area contributed by atoms with Gasteiger partial charge in [-0.3, -0.25) is 9.59 Å². The average molecular weight is 487 g/mol. The molecule has 2 amide bonds. The lowest BCUT2D eigenvalue weighted by atomic mass is 10.2. The first-order chi connectivity index (χ1) is 13.4. The van der Waals surface area contributed by atoms with Crippen LogP contribution in [0, 0.1) is 0 Å². The van der Waals surface area contributed by atoms with Gasteiger partial charge in [0.25, 0.3) is 5.91 Å². The van der Waals surface area contributed by atoms with E-state index in [0.29, 0.717) is 22.2 Å². The van der Waals surface area contributed by atoms with Crippen molar-refractivity contribution in [1.29, 1.82) is 0 Å². The van der Waals surface area contributed by atoms with Crippen LogP contribution in [0.25, 0.3) is 0 Å². The lowest BCUT2D eigenvalue weighted by molar-refractivity contribution is -0.120. The smallest absolute Gasteiger partial charge is 0.251 e. The molecule has 0 atom stereocenters. The highest BCUT2D eigenvalue weighted by atomic mass is 79.9. The highest BCUT2D eigenvalue weighted by Gasteiger charge is 2.08. The predicted octanol–water partition coefficient (Wildman–Crippen LogP) is 4.42. The number of amides is 2. The van der Waals surface area contributed by atoms with Crippen LogP contribution in [0.1, 0.15) is 29.3 Å². The van der Waals surface area contributed by atoms with Crippen LogP contribution in [0.2, 0.25) is 10.0 Å². The van der Waals surface area contributed by atoms with Gasteiger partial charge in [0.05, 0.1) is 27.3 Å². The van der Waals surface area contributed by atoms with Crippen LogP contribution in [-0.2, 0) is 4.79 Å². The highest BCUT2D eigenvalue weighted by Crippen LogP contribution is 2.25. The Morgan fingerprint density at radius 1 is 1.18 bits per heavy atom. The first-order valence-corrected chi connectivity index (χ1v) is 9.93. The summed E-state index contributed by atoms with van der Waals surface area (Å²) < 4.78 is 6.23. The molecule has 0 aliphatic carbocycles. The van der Waals surface area contributed by atoms with Gasteiger partial charge in [-0.1, -0.05) is 23.2 Å². The molecule has 148 valence electrons. The maximum atomic E-state index is 12.0. The van der Waals surface area contributed by atoms with Gasteiger partial charge in [0.1, 0.15) is 5.75 Å². The van der Waals surface area contributed by atoms with Crippen molar-refractivity contribution in [2.45, 2.75) is 13.3 Å². The van der Waals surface area contributed by atoms with Crippen molar-refractivity contribution in [1.82, 2.24) is 10.7 Å². The molecular formula is C19H18BrCl2N3O3. The van der Waals surface area contributed by atoms with E-state index in [4.69, 9.17) is 27.9 Å². The number of carbonyl (C=O) groups excluding carboxylic acids is 2. The van der Waals surface area contributed by atoms with E-state index in [0.717, 1.165) is 15.8 Å². The second-order valence-corrected chi connectivity index (χ2v) is 7.22. The molecule has 9 heteroatoms. The van der Waals surface area contributed by atoms with E-state index >= 15 is 0 Å². The van der Waals surface area contributed by atoms with Gasteiger partial charge in [-0.2, -0.15) is 5.10 Å². The zero-order valence-electron chi connectivity index (χ0n) is 15.0. The molecule has 0 aromatic heterocycles. The van der Waals surface area contributed by atoms with Crippen LogP contribution in [-0.4, -0.2) is 31.2 Å². The number of nitrogens with one attached hydrogen (secondary N) is 2. The minimum atomic E-state index is -0.339. The fraction of sp³-hybridized carbons (Fsp3) is 0.211. The molecule has 2 N–H and O–H groups in total. The number of hydrazone groups is 1.